The van der Waals surface area contributed by atoms with Gasteiger partial charge in [0.2, 0.25) is 0 Å². The van der Waals surface area contributed by atoms with Crippen LogP contribution < -0.4 is 4.72 Å². The lowest BCUT2D eigenvalue weighted by atomic mass is 9.70. The van der Waals surface area contributed by atoms with E-state index in [4.69, 9.17) is 16.3 Å². The minimum atomic E-state index is -1.14. The zero-order valence-electron chi connectivity index (χ0n) is 18.1. The third-order valence-electron chi connectivity index (χ3n) is 5.67. The fraction of sp³-hybridized carbons (Fsp3) is 0.800. The molecule has 1 aliphatic heterocycles. The van der Waals surface area contributed by atoms with Crippen LogP contribution in [0.2, 0.25) is 4.47 Å². The van der Waals surface area contributed by atoms with Gasteiger partial charge in [-0.2, -0.15) is 0 Å². The number of piperidine rings is 1. The largest absolute Gasteiger partial charge is 0.598 e. The number of ether oxygens (including phenoxy) is 1. The minimum Gasteiger partial charge on any atom is -0.598 e. The van der Waals surface area contributed by atoms with Crippen molar-refractivity contribution in [1.82, 2.24) is 14.6 Å². The summed E-state index contributed by atoms with van der Waals surface area (Å²) < 4.78 is 21.6. The van der Waals surface area contributed by atoms with E-state index in [0.717, 1.165) is 25.0 Å². The molecule has 0 radical (unpaired) electrons. The summed E-state index contributed by atoms with van der Waals surface area (Å²) in [6.45, 7) is 13.5. The predicted molar refractivity (Wildman–Crippen MR) is 119 cm³/mol. The van der Waals surface area contributed by atoms with Gasteiger partial charge in [0.15, 0.2) is 4.47 Å². The molecule has 164 valence electrons. The lowest BCUT2D eigenvalue weighted by molar-refractivity contribution is 0.00792. The smallest absolute Gasteiger partial charge is 0.410 e. The lowest BCUT2D eigenvalue weighted by Gasteiger charge is -2.43. The van der Waals surface area contributed by atoms with Crippen molar-refractivity contribution in [2.75, 3.05) is 19.6 Å². The molecule has 1 unspecified atom stereocenters. The van der Waals surface area contributed by atoms with Gasteiger partial charge in [0.1, 0.15) is 10.3 Å². The van der Waals surface area contributed by atoms with Crippen LogP contribution in [-0.2, 0) is 22.5 Å². The van der Waals surface area contributed by atoms with Crippen molar-refractivity contribution in [1.29, 1.82) is 0 Å². The molecular formula is C20H32ClN3O3S2. The number of carbonyl (C=O) groups excluding carboxylic acids is 1. The normalized spacial score (nSPS) is 22.6. The summed E-state index contributed by atoms with van der Waals surface area (Å²) >= 11 is 6.60. The van der Waals surface area contributed by atoms with Gasteiger partial charge in [-0.3, -0.25) is 0 Å². The van der Waals surface area contributed by atoms with Crippen LogP contribution >= 0.6 is 22.9 Å². The van der Waals surface area contributed by atoms with Crippen LogP contribution in [0.3, 0.4) is 0 Å². The van der Waals surface area contributed by atoms with Gasteiger partial charge in [0.05, 0.1) is 12.2 Å². The second-order valence-corrected chi connectivity index (χ2v) is 13.8. The first-order chi connectivity index (χ1) is 13.3. The third kappa shape index (κ3) is 5.21. The summed E-state index contributed by atoms with van der Waals surface area (Å²) in [5.41, 5.74) is 0.574. The van der Waals surface area contributed by atoms with E-state index in [1.807, 2.05) is 41.5 Å². The molecule has 3 rings (SSSR count). The van der Waals surface area contributed by atoms with Gasteiger partial charge < -0.3 is 14.2 Å². The summed E-state index contributed by atoms with van der Waals surface area (Å²) in [6, 6.07) is 0. The van der Waals surface area contributed by atoms with Gasteiger partial charge in [-0.1, -0.05) is 11.6 Å². The van der Waals surface area contributed by atoms with Crippen molar-refractivity contribution < 1.29 is 14.1 Å². The molecule has 0 aromatic carbocycles. The molecule has 1 aromatic rings. The SMILES string of the molecule is CC(C)(C)OC(=O)N1CCC2(CC1)Cc1sc(Cl)nc1[C@H]2CN[S+]([O-])C(C)(C)C. The van der Waals surface area contributed by atoms with E-state index in [2.05, 4.69) is 9.71 Å². The number of rotatable bonds is 3. The highest BCUT2D eigenvalue weighted by Crippen LogP contribution is 2.54. The summed E-state index contributed by atoms with van der Waals surface area (Å²) in [6.07, 6.45) is 2.43. The molecule has 1 N–H and O–H groups in total. The number of amides is 1. The topological polar surface area (TPSA) is 77.5 Å². The van der Waals surface area contributed by atoms with Crippen molar-refractivity contribution in [2.45, 2.75) is 77.1 Å². The Balaban J connectivity index is 1.72. The van der Waals surface area contributed by atoms with Crippen molar-refractivity contribution in [3.63, 3.8) is 0 Å². The predicted octanol–water partition coefficient (Wildman–Crippen LogP) is 4.51. The van der Waals surface area contributed by atoms with Crippen LogP contribution in [-0.4, -0.2) is 50.5 Å². The summed E-state index contributed by atoms with van der Waals surface area (Å²) in [7, 11) is 0. The van der Waals surface area contributed by atoms with Crippen LogP contribution in [0, 0.1) is 5.41 Å². The number of fused-ring (bicyclic) bond motifs is 1. The maximum absolute atomic E-state index is 12.6. The Morgan fingerprint density at radius 3 is 2.52 bits per heavy atom. The molecule has 1 aliphatic carbocycles. The Morgan fingerprint density at radius 1 is 1.34 bits per heavy atom. The van der Waals surface area contributed by atoms with Crippen molar-refractivity contribution in [2.24, 2.45) is 5.41 Å². The third-order valence-corrected chi connectivity index (χ3v) is 8.39. The molecule has 2 atom stereocenters. The van der Waals surface area contributed by atoms with Crippen molar-refractivity contribution >= 4 is 40.4 Å². The van der Waals surface area contributed by atoms with E-state index in [1.54, 1.807) is 16.2 Å². The maximum atomic E-state index is 12.6. The number of halogens is 1. The van der Waals surface area contributed by atoms with Crippen LogP contribution in [0.4, 0.5) is 4.79 Å². The van der Waals surface area contributed by atoms with Crippen LogP contribution in [0.5, 0.6) is 0 Å². The number of carbonyl (C=O) groups is 1. The molecule has 0 bridgehead atoms. The quantitative estimate of drug-likeness (QED) is 0.670. The van der Waals surface area contributed by atoms with Crippen LogP contribution in [0.1, 0.15) is 70.9 Å². The standard InChI is InChI=1S/C20H32ClN3O3S2/c1-18(2,3)27-17(25)24-9-7-20(8-10-24)11-14-15(23-16(21)28-14)13(20)12-22-29(26)19(4,5)6/h13,22H,7-12H2,1-6H3/t13-,29?/m1/s1. The average Bonchev–Trinajstić information content (AvgIpc) is 3.04. The fourth-order valence-corrected chi connectivity index (χ4v) is 6.26. The van der Waals surface area contributed by atoms with Gasteiger partial charge in [-0.05, 0) is 66.2 Å². The van der Waals surface area contributed by atoms with E-state index in [-0.39, 0.29) is 22.2 Å². The van der Waals surface area contributed by atoms with E-state index in [1.165, 1.54) is 4.88 Å². The number of likely N-dealkylation sites (tertiary alicyclic amines) is 1. The monoisotopic (exact) mass is 461 g/mol. The van der Waals surface area contributed by atoms with Crippen LogP contribution in [0.25, 0.3) is 0 Å². The minimum absolute atomic E-state index is 0.0202. The molecule has 2 heterocycles. The number of nitrogens with zero attached hydrogens (tertiary/aromatic N) is 2. The molecule has 1 spiro atoms. The first-order valence-corrected chi connectivity index (χ1v) is 12.4. The molecule has 1 fully saturated rings. The summed E-state index contributed by atoms with van der Waals surface area (Å²) in [5.74, 6) is 0.147. The average molecular weight is 462 g/mol. The molecule has 9 heteroatoms. The zero-order valence-corrected chi connectivity index (χ0v) is 20.5. The molecule has 2 aliphatic rings. The Kier molecular flexibility index (Phi) is 6.53. The highest BCUT2D eigenvalue weighted by molar-refractivity contribution is 7.90. The van der Waals surface area contributed by atoms with Gasteiger partial charge >= 0.3 is 6.09 Å². The van der Waals surface area contributed by atoms with Crippen molar-refractivity contribution in [3.05, 3.63) is 15.0 Å². The van der Waals surface area contributed by atoms with E-state index >= 15 is 0 Å². The molecule has 1 aromatic heterocycles. The number of aromatic nitrogens is 1. The van der Waals surface area contributed by atoms with Gasteiger partial charge in [-0.25, -0.2) is 9.78 Å². The first-order valence-electron chi connectivity index (χ1n) is 10.1. The van der Waals surface area contributed by atoms with Gasteiger partial charge in [-0.15, -0.1) is 16.1 Å². The van der Waals surface area contributed by atoms with Crippen LogP contribution in [0.15, 0.2) is 0 Å². The fourth-order valence-electron chi connectivity index (χ4n) is 4.14. The highest BCUT2D eigenvalue weighted by Gasteiger charge is 2.50. The first kappa shape index (κ1) is 23.1. The second-order valence-electron chi connectivity index (χ2n) is 10.1. The summed E-state index contributed by atoms with van der Waals surface area (Å²) in [5, 5.41) is 0. The van der Waals surface area contributed by atoms with E-state index < -0.39 is 17.0 Å². The lowest BCUT2D eigenvalue weighted by Crippen LogP contribution is -2.49. The molecular weight excluding hydrogens is 430 g/mol. The van der Waals surface area contributed by atoms with Crippen molar-refractivity contribution in [3.8, 4) is 0 Å². The number of nitrogens with one attached hydrogen (secondary N) is 1. The second kappa shape index (κ2) is 8.19. The Bertz CT molecular complexity index is 749. The molecule has 6 nitrogen and oxygen atoms in total. The van der Waals surface area contributed by atoms with E-state index in [9.17, 15) is 9.35 Å². The number of hydrogen-bond donors (Lipinski definition) is 1. The Hall–Kier alpha value is -0.540. The Morgan fingerprint density at radius 2 is 1.97 bits per heavy atom. The molecule has 0 saturated carbocycles. The van der Waals surface area contributed by atoms with Gasteiger partial charge in [0.25, 0.3) is 0 Å². The Labute approximate surface area is 186 Å². The zero-order chi connectivity index (χ0) is 21.6. The molecule has 1 saturated heterocycles. The summed E-state index contributed by atoms with van der Waals surface area (Å²) in [4.78, 5) is 20.1. The molecule has 1 amide bonds. The maximum Gasteiger partial charge on any atom is 0.410 e. The number of thiazole rings is 1. The highest BCUT2D eigenvalue weighted by atomic mass is 35.5. The van der Waals surface area contributed by atoms with Gasteiger partial charge in [0, 0.05) is 35.2 Å². The van der Waals surface area contributed by atoms with E-state index in [0.29, 0.717) is 24.1 Å². The number of hydrogen-bond acceptors (Lipinski definition) is 6. The molecule has 29 heavy (non-hydrogen) atoms.